The van der Waals surface area contributed by atoms with Crippen molar-refractivity contribution in [3.8, 4) is 6.07 Å². The van der Waals surface area contributed by atoms with E-state index in [9.17, 15) is 9.59 Å². The summed E-state index contributed by atoms with van der Waals surface area (Å²) in [5.41, 5.74) is 0.671. The van der Waals surface area contributed by atoms with Crippen LogP contribution >= 0.6 is 15.9 Å². The Bertz CT molecular complexity index is 557. The van der Waals surface area contributed by atoms with Crippen LogP contribution in [0.15, 0.2) is 28.7 Å². The van der Waals surface area contributed by atoms with Gasteiger partial charge in [-0.1, -0.05) is 15.9 Å². The number of carbonyl (C=O) groups is 2. The van der Waals surface area contributed by atoms with Crippen molar-refractivity contribution in [2.24, 2.45) is 0 Å². The second-order valence-electron chi connectivity index (χ2n) is 4.98. The van der Waals surface area contributed by atoms with E-state index in [-0.39, 0.29) is 24.3 Å². The summed E-state index contributed by atoms with van der Waals surface area (Å²) in [6, 6.07) is 9.18. The molecule has 0 aromatic heterocycles. The van der Waals surface area contributed by atoms with Gasteiger partial charge < -0.3 is 10.2 Å². The van der Waals surface area contributed by atoms with E-state index in [1.165, 1.54) is 0 Å². The number of hydrogen-bond donors (Lipinski definition) is 1. The average Bonchev–Trinajstić information content (AvgIpc) is 2.48. The lowest BCUT2D eigenvalue weighted by Gasteiger charge is -2.32. The first-order valence-electron chi connectivity index (χ1n) is 6.81. The maximum absolute atomic E-state index is 12.3. The molecule has 1 aromatic rings. The molecule has 1 heterocycles. The quantitative estimate of drug-likeness (QED) is 0.907. The molecule has 2 rings (SSSR count). The van der Waals surface area contributed by atoms with Gasteiger partial charge in [-0.2, -0.15) is 5.26 Å². The van der Waals surface area contributed by atoms with Gasteiger partial charge in [0.25, 0.3) is 5.91 Å². The highest BCUT2D eigenvalue weighted by molar-refractivity contribution is 9.10. The van der Waals surface area contributed by atoms with Crippen LogP contribution in [0.25, 0.3) is 0 Å². The van der Waals surface area contributed by atoms with Crippen LogP contribution in [0.3, 0.4) is 0 Å². The molecular weight excluding hydrogens is 334 g/mol. The third-order valence-electron chi connectivity index (χ3n) is 3.48. The molecule has 6 heteroatoms. The number of hydrogen-bond acceptors (Lipinski definition) is 3. The minimum Gasteiger partial charge on any atom is -0.352 e. The van der Waals surface area contributed by atoms with Crippen molar-refractivity contribution in [3.05, 3.63) is 34.3 Å². The SMILES string of the molecule is N#CCC(=O)NC1CCN(C(=O)c2ccc(Br)cc2)CC1. The van der Waals surface area contributed by atoms with Gasteiger partial charge >= 0.3 is 0 Å². The normalized spacial score (nSPS) is 15.3. The van der Waals surface area contributed by atoms with Crippen molar-refractivity contribution in [1.29, 1.82) is 5.26 Å². The molecule has 0 aliphatic carbocycles. The number of halogens is 1. The Morgan fingerprint density at radius 1 is 1.29 bits per heavy atom. The zero-order valence-electron chi connectivity index (χ0n) is 11.5. The molecular formula is C15H16BrN3O2. The summed E-state index contributed by atoms with van der Waals surface area (Å²) in [6.45, 7) is 1.23. The third kappa shape index (κ3) is 4.30. The zero-order chi connectivity index (χ0) is 15.2. The monoisotopic (exact) mass is 349 g/mol. The lowest BCUT2D eigenvalue weighted by Crippen LogP contribution is -2.46. The maximum atomic E-state index is 12.3. The molecule has 5 nitrogen and oxygen atoms in total. The molecule has 0 spiro atoms. The molecule has 1 N–H and O–H groups in total. The van der Waals surface area contributed by atoms with Gasteiger partial charge in [0.2, 0.25) is 5.91 Å². The molecule has 0 unspecified atom stereocenters. The Balaban J connectivity index is 1.86. The van der Waals surface area contributed by atoms with E-state index in [1.807, 2.05) is 18.2 Å². The molecule has 1 aromatic carbocycles. The minimum atomic E-state index is -0.241. The number of nitrogens with zero attached hydrogens (tertiary/aromatic N) is 2. The second-order valence-corrected chi connectivity index (χ2v) is 5.89. The molecule has 1 aliphatic rings. The minimum absolute atomic E-state index is 0.0179. The van der Waals surface area contributed by atoms with Gasteiger partial charge in [0.15, 0.2) is 0 Å². The van der Waals surface area contributed by atoms with E-state index in [0.717, 1.165) is 17.3 Å². The van der Waals surface area contributed by atoms with Crippen molar-refractivity contribution in [1.82, 2.24) is 10.2 Å². The smallest absolute Gasteiger partial charge is 0.253 e. The van der Waals surface area contributed by atoms with Gasteiger partial charge in [0.05, 0.1) is 6.07 Å². The summed E-state index contributed by atoms with van der Waals surface area (Å²) < 4.78 is 0.943. The highest BCUT2D eigenvalue weighted by Crippen LogP contribution is 2.16. The molecule has 2 amide bonds. The number of carbonyl (C=O) groups excluding carboxylic acids is 2. The van der Waals surface area contributed by atoms with Gasteiger partial charge in [-0.05, 0) is 37.1 Å². The zero-order valence-corrected chi connectivity index (χ0v) is 13.1. The third-order valence-corrected chi connectivity index (χ3v) is 4.01. The fourth-order valence-electron chi connectivity index (χ4n) is 2.35. The van der Waals surface area contributed by atoms with E-state index < -0.39 is 0 Å². The fraction of sp³-hybridized carbons (Fsp3) is 0.400. The lowest BCUT2D eigenvalue weighted by molar-refractivity contribution is -0.121. The molecule has 21 heavy (non-hydrogen) atoms. The van der Waals surface area contributed by atoms with Crippen LogP contribution in [0.5, 0.6) is 0 Å². The van der Waals surface area contributed by atoms with Crippen molar-refractivity contribution in [3.63, 3.8) is 0 Å². The van der Waals surface area contributed by atoms with Crippen LogP contribution in [0.2, 0.25) is 0 Å². The first-order chi connectivity index (χ1) is 10.1. The predicted molar refractivity (Wildman–Crippen MR) is 81.4 cm³/mol. The Morgan fingerprint density at radius 3 is 2.48 bits per heavy atom. The van der Waals surface area contributed by atoms with Gasteiger partial charge in [-0.3, -0.25) is 9.59 Å². The van der Waals surface area contributed by atoms with Crippen LogP contribution in [0.4, 0.5) is 0 Å². The highest BCUT2D eigenvalue weighted by Gasteiger charge is 2.24. The van der Waals surface area contributed by atoms with Gasteiger partial charge in [-0.15, -0.1) is 0 Å². The first kappa shape index (κ1) is 15.5. The Hall–Kier alpha value is -1.87. The average molecular weight is 350 g/mol. The van der Waals surface area contributed by atoms with Crippen LogP contribution in [-0.4, -0.2) is 35.8 Å². The van der Waals surface area contributed by atoms with Crippen molar-refractivity contribution in [2.45, 2.75) is 25.3 Å². The summed E-state index contributed by atoms with van der Waals surface area (Å²) in [5.74, 6) is -0.223. The number of benzene rings is 1. The van der Waals surface area contributed by atoms with Crippen LogP contribution in [-0.2, 0) is 4.79 Å². The Morgan fingerprint density at radius 2 is 1.90 bits per heavy atom. The van der Waals surface area contributed by atoms with Gasteiger partial charge in [0.1, 0.15) is 6.42 Å². The number of nitrogens with one attached hydrogen (secondary N) is 1. The van der Waals surface area contributed by atoms with Crippen LogP contribution in [0.1, 0.15) is 29.6 Å². The van der Waals surface area contributed by atoms with E-state index >= 15 is 0 Å². The summed E-state index contributed by atoms with van der Waals surface area (Å²) >= 11 is 3.35. The van der Waals surface area contributed by atoms with Crippen molar-refractivity contribution in [2.75, 3.05) is 13.1 Å². The number of amides is 2. The molecule has 110 valence electrons. The second kappa shape index (κ2) is 7.23. The molecule has 0 bridgehead atoms. The standard InChI is InChI=1S/C15H16BrN3O2/c16-12-3-1-11(2-4-12)15(21)19-9-6-13(7-10-19)18-14(20)5-8-17/h1-4,13H,5-7,9-10H2,(H,18,20). The Kier molecular flexibility index (Phi) is 5.34. The predicted octanol–water partition coefficient (Wildman–Crippen LogP) is 2.08. The number of likely N-dealkylation sites (tertiary alicyclic amines) is 1. The van der Waals surface area contributed by atoms with E-state index in [0.29, 0.717) is 18.7 Å². The van der Waals surface area contributed by atoms with Gasteiger partial charge in [0, 0.05) is 29.2 Å². The van der Waals surface area contributed by atoms with Crippen molar-refractivity contribution >= 4 is 27.7 Å². The van der Waals surface area contributed by atoms with E-state index in [2.05, 4.69) is 21.2 Å². The molecule has 1 aliphatic heterocycles. The van der Waals surface area contributed by atoms with Crippen LogP contribution in [0, 0.1) is 11.3 Å². The van der Waals surface area contributed by atoms with E-state index in [1.54, 1.807) is 17.0 Å². The molecule has 0 saturated carbocycles. The molecule has 0 radical (unpaired) electrons. The fourth-order valence-corrected chi connectivity index (χ4v) is 2.62. The van der Waals surface area contributed by atoms with Crippen molar-refractivity contribution < 1.29 is 9.59 Å². The maximum Gasteiger partial charge on any atom is 0.253 e. The summed E-state index contributed by atoms with van der Waals surface area (Å²) in [7, 11) is 0. The number of nitriles is 1. The number of rotatable bonds is 3. The summed E-state index contributed by atoms with van der Waals surface area (Å²) in [6.07, 6.45) is 1.33. The van der Waals surface area contributed by atoms with E-state index in [4.69, 9.17) is 5.26 Å². The summed E-state index contributed by atoms with van der Waals surface area (Å²) in [5, 5.41) is 11.3. The highest BCUT2D eigenvalue weighted by atomic mass is 79.9. The largest absolute Gasteiger partial charge is 0.352 e. The molecule has 1 fully saturated rings. The lowest BCUT2D eigenvalue weighted by atomic mass is 10.0. The topological polar surface area (TPSA) is 73.2 Å². The van der Waals surface area contributed by atoms with Gasteiger partial charge in [-0.25, -0.2) is 0 Å². The summed E-state index contributed by atoms with van der Waals surface area (Å²) in [4.78, 5) is 25.5. The Labute approximate surface area is 132 Å². The molecule has 0 atom stereocenters. The molecule has 1 saturated heterocycles. The van der Waals surface area contributed by atoms with Crippen LogP contribution < -0.4 is 5.32 Å². The first-order valence-corrected chi connectivity index (χ1v) is 7.60. The number of piperidine rings is 1.